The van der Waals surface area contributed by atoms with Crippen LogP contribution < -0.4 is 16.0 Å². The number of rotatable bonds is 4. The van der Waals surface area contributed by atoms with Gasteiger partial charge in [0.1, 0.15) is 5.82 Å². The van der Waals surface area contributed by atoms with Crippen molar-refractivity contribution in [1.29, 1.82) is 0 Å². The normalized spacial score (nSPS) is 10.8. The van der Waals surface area contributed by atoms with Gasteiger partial charge in [0.2, 0.25) is 5.91 Å². The molecule has 2 aromatic rings. The second kappa shape index (κ2) is 8.30. The summed E-state index contributed by atoms with van der Waals surface area (Å²) in [7, 11) is 0. The number of amides is 3. The van der Waals surface area contributed by atoms with E-state index >= 15 is 0 Å². The summed E-state index contributed by atoms with van der Waals surface area (Å²) < 4.78 is 50.6. The zero-order valence-corrected chi connectivity index (χ0v) is 13.6. The molecule has 27 heavy (non-hydrogen) atoms. The van der Waals surface area contributed by atoms with Crippen LogP contribution in [0.25, 0.3) is 0 Å². The quantitative estimate of drug-likeness (QED) is 0.560. The van der Waals surface area contributed by atoms with Gasteiger partial charge in [0.15, 0.2) is 0 Å². The second-order valence-corrected chi connectivity index (χ2v) is 5.27. The number of nitrogens with one attached hydrogen (secondary N) is 3. The van der Waals surface area contributed by atoms with Crippen LogP contribution in [0, 0.1) is 5.82 Å². The Labute approximate surface area is 150 Å². The van der Waals surface area contributed by atoms with E-state index in [-0.39, 0.29) is 11.4 Å². The predicted octanol–water partition coefficient (Wildman–Crippen LogP) is 2.54. The van der Waals surface area contributed by atoms with Crippen LogP contribution in [-0.2, 0) is 20.6 Å². The maximum atomic E-state index is 12.8. The Morgan fingerprint density at radius 1 is 0.852 bits per heavy atom. The molecule has 0 heterocycles. The van der Waals surface area contributed by atoms with Gasteiger partial charge >= 0.3 is 18.0 Å². The number of hydrogen-bond acceptors (Lipinski definition) is 3. The van der Waals surface area contributed by atoms with Gasteiger partial charge < -0.3 is 16.0 Å². The molecule has 0 spiro atoms. The number of carbonyl (C=O) groups excluding carboxylic acids is 3. The van der Waals surface area contributed by atoms with E-state index in [1.54, 1.807) is 0 Å². The van der Waals surface area contributed by atoms with Gasteiger partial charge in [-0.2, -0.15) is 13.2 Å². The molecule has 0 saturated heterocycles. The van der Waals surface area contributed by atoms with Crippen molar-refractivity contribution in [2.75, 3.05) is 17.2 Å². The summed E-state index contributed by atoms with van der Waals surface area (Å²) in [4.78, 5) is 35.0. The maximum Gasteiger partial charge on any atom is 0.416 e. The average molecular weight is 383 g/mol. The molecule has 0 radical (unpaired) electrons. The third-order valence-electron chi connectivity index (χ3n) is 3.19. The van der Waals surface area contributed by atoms with E-state index in [1.807, 2.05) is 5.32 Å². The van der Waals surface area contributed by atoms with Gasteiger partial charge in [-0.1, -0.05) is 6.07 Å². The Morgan fingerprint density at radius 3 is 2.15 bits per heavy atom. The fourth-order valence-electron chi connectivity index (χ4n) is 1.94. The molecule has 0 unspecified atom stereocenters. The molecule has 10 heteroatoms. The maximum absolute atomic E-state index is 12.8. The number of hydrogen-bond donors (Lipinski definition) is 3. The highest BCUT2D eigenvalue weighted by atomic mass is 19.4. The number of alkyl halides is 3. The lowest BCUT2D eigenvalue weighted by Crippen LogP contribution is -2.39. The summed E-state index contributed by atoms with van der Waals surface area (Å²) in [6, 6.07) is 8.58. The van der Waals surface area contributed by atoms with Crippen LogP contribution in [0.4, 0.5) is 28.9 Å². The van der Waals surface area contributed by atoms with Crippen LogP contribution in [0.1, 0.15) is 5.56 Å². The summed E-state index contributed by atoms with van der Waals surface area (Å²) >= 11 is 0. The van der Waals surface area contributed by atoms with E-state index in [1.165, 1.54) is 18.2 Å². The van der Waals surface area contributed by atoms with Crippen molar-refractivity contribution in [2.24, 2.45) is 0 Å². The Morgan fingerprint density at radius 2 is 1.52 bits per heavy atom. The molecular weight excluding hydrogens is 370 g/mol. The summed E-state index contributed by atoms with van der Waals surface area (Å²) in [6.07, 6.45) is -4.56. The van der Waals surface area contributed by atoms with Crippen molar-refractivity contribution in [3.8, 4) is 0 Å². The molecule has 142 valence electrons. The highest BCUT2D eigenvalue weighted by molar-refractivity contribution is 6.39. The minimum absolute atomic E-state index is 0.111. The van der Waals surface area contributed by atoms with E-state index < -0.39 is 41.8 Å². The molecule has 0 fully saturated rings. The van der Waals surface area contributed by atoms with E-state index in [0.29, 0.717) is 0 Å². The molecule has 0 aliphatic heterocycles. The third-order valence-corrected chi connectivity index (χ3v) is 3.19. The van der Waals surface area contributed by atoms with Crippen LogP contribution >= 0.6 is 0 Å². The zero-order valence-electron chi connectivity index (χ0n) is 13.6. The Kier molecular flexibility index (Phi) is 6.11. The molecule has 6 nitrogen and oxygen atoms in total. The van der Waals surface area contributed by atoms with E-state index in [0.717, 1.165) is 30.3 Å². The Bertz CT molecular complexity index is 851. The van der Waals surface area contributed by atoms with Gasteiger partial charge in [-0.3, -0.25) is 14.4 Å². The number of benzene rings is 2. The molecule has 3 N–H and O–H groups in total. The van der Waals surface area contributed by atoms with Gasteiger partial charge in [-0.05, 0) is 42.5 Å². The summed E-state index contributed by atoms with van der Waals surface area (Å²) in [5, 5.41) is 6.39. The van der Waals surface area contributed by atoms with E-state index in [9.17, 15) is 31.9 Å². The zero-order chi connectivity index (χ0) is 20.0. The topological polar surface area (TPSA) is 87.3 Å². The van der Waals surface area contributed by atoms with Crippen LogP contribution in [0.5, 0.6) is 0 Å². The molecule has 0 saturated carbocycles. The highest BCUT2D eigenvalue weighted by Gasteiger charge is 2.30. The lowest BCUT2D eigenvalue weighted by atomic mass is 10.2. The summed E-state index contributed by atoms with van der Waals surface area (Å²) in [5.74, 6) is -3.58. The molecule has 2 rings (SSSR count). The van der Waals surface area contributed by atoms with Gasteiger partial charge in [0.25, 0.3) is 0 Å². The second-order valence-electron chi connectivity index (χ2n) is 5.27. The molecule has 0 aliphatic rings. The molecule has 0 bridgehead atoms. The Balaban J connectivity index is 1.85. The van der Waals surface area contributed by atoms with Crippen molar-refractivity contribution in [1.82, 2.24) is 5.32 Å². The summed E-state index contributed by atoms with van der Waals surface area (Å²) in [6.45, 7) is -0.633. The standard InChI is InChI=1S/C17H13F4N3O3/c18-11-4-6-12(7-5-11)24-16(27)15(26)22-9-14(25)23-13-3-1-2-10(8-13)17(19,20)21/h1-8H,9H2,(H,22,26)(H,23,25)(H,24,27). The predicted molar refractivity (Wildman–Crippen MR) is 88.1 cm³/mol. The smallest absolute Gasteiger partial charge is 0.339 e. The number of halogens is 4. The third kappa shape index (κ3) is 6.10. The lowest BCUT2D eigenvalue weighted by Gasteiger charge is -2.10. The van der Waals surface area contributed by atoms with Gasteiger partial charge in [0.05, 0.1) is 12.1 Å². The Hall–Kier alpha value is -3.43. The van der Waals surface area contributed by atoms with Gasteiger partial charge in [-0.25, -0.2) is 4.39 Å². The van der Waals surface area contributed by atoms with E-state index in [2.05, 4.69) is 10.6 Å². The van der Waals surface area contributed by atoms with Crippen LogP contribution in [-0.4, -0.2) is 24.3 Å². The molecule has 0 aliphatic carbocycles. The number of carbonyl (C=O) groups is 3. The molecular formula is C17H13F4N3O3. The molecule has 2 aromatic carbocycles. The molecule has 3 amide bonds. The van der Waals surface area contributed by atoms with Crippen molar-refractivity contribution in [2.45, 2.75) is 6.18 Å². The summed E-state index contributed by atoms with van der Waals surface area (Å²) in [5.41, 5.74) is -0.882. The SMILES string of the molecule is O=C(CNC(=O)C(=O)Nc1ccc(F)cc1)Nc1cccc(C(F)(F)F)c1. The number of anilines is 2. The van der Waals surface area contributed by atoms with E-state index in [4.69, 9.17) is 0 Å². The first-order valence-electron chi connectivity index (χ1n) is 7.47. The van der Waals surface area contributed by atoms with Gasteiger partial charge in [-0.15, -0.1) is 0 Å². The first kappa shape index (κ1) is 19.9. The molecule has 0 aromatic heterocycles. The van der Waals surface area contributed by atoms with Crippen molar-refractivity contribution < 1.29 is 31.9 Å². The minimum Gasteiger partial charge on any atom is -0.339 e. The van der Waals surface area contributed by atoms with Crippen molar-refractivity contribution in [3.05, 3.63) is 59.9 Å². The van der Waals surface area contributed by atoms with Gasteiger partial charge in [0, 0.05) is 11.4 Å². The van der Waals surface area contributed by atoms with Crippen LogP contribution in [0.15, 0.2) is 48.5 Å². The first-order valence-corrected chi connectivity index (χ1v) is 7.47. The average Bonchev–Trinajstić information content (AvgIpc) is 2.61. The van der Waals surface area contributed by atoms with Crippen molar-refractivity contribution in [3.63, 3.8) is 0 Å². The molecule has 0 atom stereocenters. The fraction of sp³-hybridized carbons (Fsp3) is 0.118. The lowest BCUT2D eigenvalue weighted by molar-refractivity contribution is -0.137. The van der Waals surface area contributed by atoms with Crippen molar-refractivity contribution >= 4 is 29.1 Å². The monoisotopic (exact) mass is 383 g/mol. The largest absolute Gasteiger partial charge is 0.416 e. The first-order chi connectivity index (χ1) is 12.6. The van der Waals surface area contributed by atoms with Crippen LogP contribution in [0.2, 0.25) is 0 Å². The van der Waals surface area contributed by atoms with Crippen LogP contribution in [0.3, 0.4) is 0 Å². The fourth-order valence-corrected chi connectivity index (χ4v) is 1.94. The highest BCUT2D eigenvalue weighted by Crippen LogP contribution is 2.30. The minimum atomic E-state index is -4.56.